The van der Waals surface area contributed by atoms with E-state index in [4.69, 9.17) is 4.74 Å². The molecule has 0 aromatic heterocycles. The Morgan fingerprint density at radius 3 is 2.39 bits per heavy atom. The number of nitro groups is 1. The Morgan fingerprint density at radius 2 is 1.83 bits per heavy atom. The highest BCUT2D eigenvalue weighted by Crippen LogP contribution is 2.23. The predicted octanol–water partition coefficient (Wildman–Crippen LogP) is 0.990. The van der Waals surface area contributed by atoms with Gasteiger partial charge in [0.05, 0.1) is 4.92 Å². The summed E-state index contributed by atoms with van der Waals surface area (Å²) in [6.45, 7) is 3.98. The molecule has 2 amide bonds. The maximum atomic E-state index is 12.0. The summed E-state index contributed by atoms with van der Waals surface area (Å²) in [7, 11) is 0. The van der Waals surface area contributed by atoms with E-state index in [9.17, 15) is 24.5 Å². The van der Waals surface area contributed by atoms with E-state index in [1.165, 1.54) is 45.0 Å². The predicted molar refractivity (Wildman–Crippen MR) is 80.6 cm³/mol. The summed E-state index contributed by atoms with van der Waals surface area (Å²) in [5, 5.41) is 15.5. The second kappa shape index (κ2) is 7.87. The molecule has 0 aliphatic heterocycles. The monoisotopic (exact) mass is 323 g/mol. The molecule has 0 bridgehead atoms. The van der Waals surface area contributed by atoms with Crippen molar-refractivity contribution in [2.75, 3.05) is 5.32 Å². The van der Waals surface area contributed by atoms with Gasteiger partial charge in [-0.25, -0.2) is 4.79 Å². The zero-order chi connectivity index (χ0) is 17.6. The first kappa shape index (κ1) is 18.1. The zero-order valence-corrected chi connectivity index (χ0v) is 12.9. The number of ether oxygens (including phenoxy) is 1. The average Bonchev–Trinajstić information content (AvgIpc) is 2.46. The number of carbonyl (C=O) groups excluding carboxylic acids is 3. The van der Waals surface area contributed by atoms with Crippen molar-refractivity contribution in [1.29, 1.82) is 0 Å². The summed E-state index contributed by atoms with van der Waals surface area (Å²) in [4.78, 5) is 44.8. The number of para-hydroxylation sites is 2. The highest BCUT2D eigenvalue weighted by atomic mass is 16.6. The van der Waals surface area contributed by atoms with Crippen LogP contribution in [-0.2, 0) is 19.1 Å². The van der Waals surface area contributed by atoms with Gasteiger partial charge in [0, 0.05) is 13.0 Å². The summed E-state index contributed by atoms with van der Waals surface area (Å²) < 4.78 is 4.91. The van der Waals surface area contributed by atoms with E-state index in [-0.39, 0.29) is 11.4 Å². The SMILES string of the molecule is CC(=O)N[C@@H](C)C(=O)O[C@H](C)C(=O)Nc1ccccc1[N+](=O)[O-]. The summed E-state index contributed by atoms with van der Waals surface area (Å²) >= 11 is 0. The molecule has 0 aliphatic rings. The number of esters is 1. The summed E-state index contributed by atoms with van der Waals surface area (Å²) in [5.41, 5.74) is -0.272. The van der Waals surface area contributed by atoms with Gasteiger partial charge in [0.2, 0.25) is 5.91 Å². The quantitative estimate of drug-likeness (QED) is 0.456. The van der Waals surface area contributed by atoms with E-state index in [0.29, 0.717) is 0 Å². The molecule has 124 valence electrons. The number of hydrogen-bond acceptors (Lipinski definition) is 6. The lowest BCUT2D eigenvalue weighted by Crippen LogP contribution is -2.41. The lowest BCUT2D eigenvalue weighted by atomic mass is 10.2. The minimum absolute atomic E-state index is 0.000286. The van der Waals surface area contributed by atoms with Crippen molar-refractivity contribution in [1.82, 2.24) is 5.32 Å². The molecule has 0 radical (unpaired) electrons. The van der Waals surface area contributed by atoms with Gasteiger partial charge in [-0.3, -0.25) is 19.7 Å². The molecule has 0 aliphatic carbocycles. The maximum absolute atomic E-state index is 12.0. The van der Waals surface area contributed by atoms with Crippen LogP contribution in [0.1, 0.15) is 20.8 Å². The largest absolute Gasteiger partial charge is 0.451 e. The Balaban J connectivity index is 2.70. The van der Waals surface area contributed by atoms with Gasteiger partial charge in [-0.15, -0.1) is 0 Å². The molecule has 0 spiro atoms. The van der Waals surface area contributed by atoms with Crippen molar-refractivity contribution in [2.24, 2.45) is 0 Å². The number of hydrogen-bond donors (Lipinski definition) is 2. The fourth-order valence-corrected chi connectivity index (χ4v) is 1.67. The average molecular weight is 323 g/mol. The standard InChI is InChI=1S/C14H17N3O6/c1-8(15-10(3)18)14(20)23-9(2)13(19)16-11-6-4-5-7-12(11)17(21)22/h4-9H,1-3H3,(H,15,18)(H,16,19)/t8-,9+/m0/s1. The van der Waals surface area contributed by atoms with Gasteiger partial charge >= 0.3 is 5.97 Å². The van der Waals surface area contributed by atoms with Crippen LogP contribution < -0.4 is 10.6 Å². The number of amides is 2. The molecular weight excluding hydrogens is 306 g/mol. The third-order valence-electron chi connectivity index (χ3n) is 2.79. The minimum Gasteiger partial charge on any atom is -0.451 e. The normalized spacial score (nSPS) is 12.7. The molecule has 9 heteroatoms. The van der Waals surface area contributed by atoms with Crippen LogP contribution in [0.25, 0.3) is 0 Å². The van der Waals surface area contributed by atoms with Gasteiger partial charge in [-0.2, -0.15) is 0 Å². The van der Waals surface area contributed by atoms with Crippen molar-refractivity contribution in [3.05, 3.63) is 34.4 Å². The molecular formula is C14H17N3O6. The van der Waals surface area contributed by atoms with Crippen LogP contribution in [0.4, 0.5) is 11.4 Å². The van der Waals surface area contributed by atoms with Crippen molar-refractivity contribution < 1.29 is 24.0 Å². The number of benzene rings is 1. The molecule has 2 atom stereocenters. The highest BCUT2D eigenvalue weighted by Gasteiger charge is 2.24. The molecule has 1 aromatic rings. The zero-order valence-electron chi connectivity index (χ0n) is 12.9. The molecule has 1 rings (SSSR count). The lowest BCUT2D eigenvalue weighted by Gasteiger charge is -2.17. The van der Waals surface area contributed by atoms with E-state index in [1.807, 2.05) is 0 Å². The molecule has 1 aromatic carbocycles. The van der Waals surface area contributed by atoms with Crippen LogP contribution in [-0.4, -0.2) is 34.9 Å². The number of nitrogens with zero attached hydrogens (tertiary/aromatic N) is 1. The third-order valence-corrected chi connectivity index (χ3v) is 2.79. The van der Waals surface area contributed by atoms with Crippen LogP contribution in [0.2, 0.25) is 0 Å². The number of nitrogens with one attached hydrogen (secondary N) is 2. The Bertz CT molecular complexity index is 631. The fraction of sp³-hybridized carbons (Fsp3) is 0.357. The first-order chi connectivity index (χ1) is 10.7. The van der Waals surface area contributed by atoms with Crippen LogP contribution in [0.15, 0.2) is 24.3 Å². The van der Waals surface area contributed by atoms with Crippen molar-refractivity contribution in [3.8, 4) is 0 Å². The number of carbonyl (C=O) groups is 3. The van der Waals surface area contributed by atoms with Crippen LogP contribution in [0, 0.1) is 10.1 Å². The van der Waals surface area contributed by atoms with Gasteiger partial charge in [0.25, 0.3) is 11.6 Å². The Labute approximate surface area is 132 Å². The van der Waals surface area contributed by atoms with Gasteiger partial charge in [0.15, 0.2) is 6.10 Å². The van der Waals surface area contributed by atoms with Crippen molar-refractivity contribution in [2.45, 2.75) is 32.9 Å². The van der Waals surface area contributed by atoms with Crippen LogP contribution in [0.5, 0.6) is 0 Å². The van der Waals surface area contributed by atoms with E-state index in [2.05, 4.69) is 10.6 Å². The van der Waals surface area contributed by atoms with E-state index < -0.39 is 34.9 Å². The third kappa shape index (κ3) is 5.38. The second-order valence-corrected chi connectivity index (χ2v) is 4.76. The second-order valence-electron chi connectivity index (χ2n) is 4.76. The lowest BCUT2D eigenvalue weighted by molar-refractivity contribution is -0.383. The Kier molecular flexibility index (Phi) is 6.19. The van der Waals surface area contributed by atoms with Crippen LogP contribution in [0.3, 0.4) is 0 Å². The topological polar surface area (TPSA) is 128 Å². The fourth-order valence-electron chi connectivity index (χ4n) is 1.67. The van der Waals surface area contributed by atoms with Crippen molar-refractivity contribution >= 4 is 29.2 Å². The van der Waals surface area contributed by atoms with E-state index in [0.717, 1.165) is 0 Å². The maximum Gasteiger partial charge on any atom is 0.329 e. The van der Waals surface area contributed by atoms with Gasteiger partial charge in [-0.1, -0.05) is 12.1 Å². The van der Waals surface area contributed by atoms with Gasteiger partial charge < -0.3 is 15.4 Å². The molecule has 2 N–H and O–H groups in total. The molecule has 0 heterocycles. The Hall–Kier alpha value is -2.97. The summed E-state index contributed by atoms with van der Waals surface area (Å²) in [6, 6.07) is 4.69. The molecule has 0 fully saturated rings. The molecule has 0 unspecified atom stereocenters. The van der Waals surface area contributed by atoms with Gasteiger partial charge in [0.1, 0.15) is 11.7 Å². The first-order valence-corrected chi connectivity index (χ1v) is 6.74. The first-order valence-electron chi connectivity index (χ1n) is 6.74. The smallest absolute Gasteiger partial charge is 0.329 e. The van der Waals surface area contributed by atoms with Crippen molar-refractivity contribution in [3.63, 3.8) is 0 Å². The number of anilines is 1. The number of rotatable bonds is 6. The summed E-state index contributed by atoms with van der Waals surface area (Å²) in [5.74, 6) is -1.92. The van der Waals surface area contributed by atoms with Crippen LogP contribution >= 0.6 is 0 Å². The summed E-state index contributed by atoms with van der Waals surface area (Å²) in [6.07, 6.45) is -1.18. The Morgan fingerprint density at radius 1 is 1.22 bits per heavy atom. The minimum atomic E-state index is -1.18. The molecule has 23 heavy (non-hydrogen) atoms. The molecule has 0 saturated heterocycles. The van der Waals surface area contributed by atoms with E-state index in [1.54, 1.807) is 0 Å². The molecule has 0 saturated carbocycles. The number of nitro benzene ring substituents is 1. The highest BCUT2D eigenvalue weighted by molar-refractivity contribution is 5.97. The van der Waals surface area contributed by atoms with E-state index >= 15 is 0 Å². The molecule has 9 nitrogen and oxygen atoms in total. The van der Waals surface area contributed by atoms with Gasteiger partial charge in [-0.05, 0) is 19.9 Å².